The Morgan fingerprint density at radius 3 is 1.26 bits per heavy atom. The number of hydrogen-bond donors (Lipinski definition) is 4. The second-order valence-corrected chi connectivity index (χ2v) is 22.4. The molecule has 20 nitrogen and oxygen atoms in total. The molecule has 2 aliphatic heterocycles. The van der Waals surface area contributed by atoms with E-state index in [-0.39, 0.29) is 34.1 Å². The van der Waals surface area contributed by atoms with Gasteiger partial charge < -0.3 is 38.8 Å². The van der Waals surface area contributed by atoms with E-state index in [0.29, 0.717) is 148 Å². The lowest BCUT2D eigenvalue weighted by molar-refractivity contribution is 0.151. The second-order valence-electron chi connectivity index (χ2n) is 18.6. The lowest BCUT2D eigenvalue weighted by Gasteiger charge is -2.33. The van der Waals surface area contributed by atoms with Gasteiger partial charge in [0.25, 0.3) is 11.1 Å². The number of fused-ring (bicyclic) bond motifs is 2. The van der Waals surface area contributed by atoms with E-state index in [1.165, 1.54) is 8.61 Å². The highest BCUT2D eigenvalue weighted by Crippen LogP contribution is 2.35. The first kappa shape index (κ1) is 56.3. The highest BCUT2D eigenvalue weighted by atomic mass is 32.2. The standard InChI is InChI=1S/2C26H37N5O5S/c2*1-4-7-19-18-30(6-3)24-23(19)27-25(28-26(24)33)21-17-20(8-9-22(21)36-16-5-2)37(34,35)31-12-10-29(11-13-31)14-15-32/h2*8-9,17-18,32H,4-7,10-16H2,1-3H3,(H,27,28,33). The molecule has 404 valence electrons. The number of aromatic amines is 2. The molecule has 6 aromatic rings. The van der Waals surface area contributed by atoms with Gasteiger partial charge in [-0.2, -0.15) is 8.61 Å². The van der Waals surface area contributed by atoms with Gasteiger partial charge in [-0.3, -0.25) is 19.4 Å². The number of nitrogens with one attached hydrogen (secondary N) is 2. The van der Waals surface area contributed by atoms with E-state index in [0.717, 1.165) is 49.7 Å². The van der Waals surface area contributed by atoms with E-state index >= 15 is 0 Å². The highest BCUT2D eigenvalue weighted by Gasteiger charge is 2.32. The molecule has 74 heavy (non-hydrogen) atoms. The maximum Gasteiger partial charge on any atom is 0.275 e. The lowest BCUT2D eigenvalue weighted by Crippen LogP contribution is -2.49. The summed E-state index contributed by atoms with van der Waals surface area (Å²) in [7, 11) is -7.55. The molecule has 0 amide bonds. The van der Waals surface area contributed by atoms with Gasteiger partial charge in [-0.25, -0.2) is 26.8 Å². The van der Waals surface area contributed by atoms with Crippen LogP contribution in [0.25, 0.3) is 44.8 Å². The fourth-order valence-electron chi connectivity index (χ4n) is 9.55. The number of ether oxygens (including phenoxy) is 2. The Labute approximate surface area is 434 Å². The van der Waals surface area contributed by atoms with E-state index in [2.05, 4.69) is 23.8 Å². The molecular formula is C52H74N10O10S2. The van der Waals surface area contributed by atoms with Crippen molar-refractivity contribution in [3.8, 4) is 34.3 Å². The number of β-amino-alcohol motifs (C(OH)–C–C–N with tert-alkyl or cyclic N) is 2. The van der Waals surface area contributed by atoms with Gasteiger partial charge in [0.05, 0.1) is 58.4 Å². The first-order chi connectivity index (χ1) is 35.7. The summed E-state index contributed by atoms with van der Waals surface area (Å²) in [6.07, 6.45) is 8.91. The van der Waals surface area contributed by atoms with Gasteiger partial charge in [0.15, 0.2) is 0 Å². The molecule has 0 aliphatic carbocycles. The van der Waals surface area contributed by atoms with Crippen molar-refractivity contribution in [2.45, 2.75) is 103 Å². The topological polar surface area (TPSA) is 242 Å². The molecule has 2 saturated heterocycles. The largest absolute Gasteiger partial charge is 0.493 e. The summed E-state index contributed by atoms with van der Waals surface area (Å²) >= 11 is 0. The van der Waals surface area contributed by atoms with Gasteiger partial charge in [-0.1, -0.05) is 40.5 Å². The Kier molecular flexibility index (Phi) is 19.3. The lowest BCUT2D eigenvalue weighted by atomic mass is 10.1. The quantitative estimate of drug-likeness (QED) is 0.0707. The number of hydrogen-bond acceptors (Lipinski definition) is 14. The average molecular weight is 1060 g/mol. The summed E-state index contributed by atoms with van der Waals surface area (Å²) in [6.45, 7) is 19.1. The Bertz CT molecular complexity index is 2990. The van der Waals surface area contributed by atoms with Gasteiger partial charge >= 0.3 is 0 Å². The maximum absolute atomic E-state index is 13.5. The van der Waals surface area contributed by atoms with E-state index in [1.54, 1.807) is 36.4 Å². The maximum atomic E-state index is 13.5. The average Bonchev–Trinajstić information content (AvgIpc) is 3.95. The Morgan fingerprint density at radius 2 is 0.932 bits per heavy atom. The molecule has 0 saturated carbocycles. The van der Waals surface area contributed by atoms with Gasteiger partial charge in [0.2, 0.25) is 20.0 Å². The SMILES string of the molecule is CCCOc1ccc(S(=O)(=O)N2CCN(CCO)CC2)cc1-c1nc2c(CCC)cn(CC)c2c(=O)[nH]1.CCCOc1ccc(S(=O)(=O)N2CCN(CCO)CC2)cc1-c1nc2c(CCC)cn(CC)c2c(=O)[nH]1. The first-order valence-electron chi connectivity index (χ1n) is 26.1. The first-order valence-corrected chi connectivity index (χ1v) is 29.0. The molecule has 6 heterocycles. The molecule has 2 aliphatic rings. The molecule has 0 unspecified atom stereocenters. The monoisotopic (exact) mass is 1060 g/mol. The Hall–Kier alpha value is -5.46. The third kappa shape index (κ3) is 12.3. The minimum absolute atomic E-state index is 0.0481. The molecule has 4 aromatic heterocycles. The summed E-state index contributed by atoms with van der Waals surface area (Å²) in [5, 5.41) is 18.4. The molecule has 22 heteroatoms. The Morgan fingerprint density at radius 1 is 0.554 bits per heavy atom. The van der Waals surface area contributed by atoms with Gasteiger partial charge in [-0.05, 0) is 87.1 Å². The van der Waals surface area contributed by atoms with Crippen LogP contribution in [0.15, 0.2) is 68.2 Å². The molecule has 4 N–H and O–H groups in total. The van der Waals surface area contributed by atoms with Gasteiger partial charge in [-0.15, -0.1) is 0 Å². The minimum atomic E-state index is -3.77. The van der Waals surface area contributed by atoms with Crippen LogP contribution in [0, 0.1) is 0 Å². The van der Waals surface area contributed by atoms with Crippen LogP contribution in [-0.4, -0.2) is 166 Å². The third-order valence-corrected chi connectivity index (χ3v) is 17.2. The molecule has 0 atom stereocenters. The number of sulfonamides is 2. The van der Waals surface area contributed by atoms with Crippen LogP contribution in [0.5, 0.6) is 11.5 Å². The van der Waals surface area contributed by atoms with E-state index in [1.807, 2.05) is 59.0 Å². The van der Waals surface area contributed by atoms with Crippen LogP contribution in [0.4, 0.5) is 0 Å². The number of H-pyrrole nitrogens is 2. The fraction of sp³-hybridized carbons (Fsp3) is 0.538. The predicted molar refractivity (Wildman–Crippen MR) is 287 cm³/mol. The van der Waals surface area contributed by atoms with Crippen molar-refractivity contribution in [2.24, 2.45) is 0 Å². The summed E-state index contributed by atoms with van der Waals surface area (Å²) in [5.74, 6) is 1.53. The molecule has 0 bridgehead atoms. The van der Waals surface area contributed by atoms with Gasteiger partial charge in [0.1, 0.15) is 34.2 Å². The molecule has 8 rings (SSSR count). The van der Waals surface area contributed by atoms with Crippen molar-refractivity contribution in [1.29, 1.82) is 0 Å². The van der Waals surface area contributed by atoms with E-state index in [4.69, 9.17) is 19.4 Å². The van der Waals surface area contributed by atoms with Crippen LogP contribution in [0.3, 0.4) is 0 Å². The molecule has 0 spiro atoms. The smallest absolute Gasteiger partial charge is 0.275 e. The zero-order valence-corrected chi connectivity index (χ0v) is 45.4. The number of aryl methyl sites for hydroxylation is 4. The van der Waals surface area contributed by atoms with Crippen molar-refractivity contribution >= 4 is 42.1 Å². The number of nitrogens with zero attached hydrogens (tertiary/aromatic N) is 8. The molecular weight excluding hydrogens is 989 g/mol. The van der Waals surface area contributed by atoms with E-state index in [9.17, 15) is 36.6 Å². The normalized spacial score (nSPS) is 15.5. The number of aliphatic hydroxyl groups is 2. The van der Waals surface area contributed by atoms with Crippen molar-refractivity contribution in [3.63, 3.8) is 0 Å². The number of aromatic nitrogens is 6. The van der Waals surface area contributed by atoms with Crippen molar-refractivity contribution in [3.05, 3.63) is 80.6 Å². The van der Waals surface area contributed by atoms with Crippen LogP contribution >= 0.6 is 0 Å². The van der Waals surface area contributed by atoms with E-state index < -0.39 is 20.0 Å². The number of rotatable bonds is 22. The molecule has 0 radical (unpaired) electrons. The zero-order valence-electron chi connectivity index (χ0n) is 43.7. The molecule has 2 aromatic carbocycles. The van der Waals surface area contributed by atoms with Crippen molar-refractivity contribution < 1.29 is 36.5 Å². The molecule has 2 fully saturated rings. The zero-order chi connectivity index (χ0) is 53.2. The van der Waals surface area contributed by atoms with Crippen molar-refractivity contribution in [2.75, 3.05) is 91.9 Å². The fourth-order valence-corrected chi connectivity index (χ4v) is 12.5. The van der Waals surface area contributed by atoms with Crippen LogP contribution in [0.1, 0.15) is 78.4 Å². The van der Waals surface area contributed by atoms with Crippen LogP contribution < -0.4 is 20.6 Å². The number of aliphatic hydroxyl groups excluding tert-OH is 2. The Balaban J connectivity index is 0.000000216. The predicted octanol–water partition coefficient (Wildman–Crippen LogP) is 4.90. The second kappa shape index (κ2) is 25.4. The van der Waals surface area contributed by atoms with Crippen LogP contribution in [-0.2, 0) is 46.0 Å². The summed E-state index contributed by atoms with van der Waals surface area (Å²) in [6, 6.07) is 9.51. The van der Waals surface area contributed by atoms with Crippen molar-refractivity contribution in [1.82, 2.24) is 47.5 Å². The number of benzene rings is 2. The minimum Gasteiger partial charge on any atom is -0.493 e. The number of piperazine rings is 2. The third-order valence-electron chi connectivity index (χ3n) is 13.4. The summed E-state index contributed by atoms with van der Waals surface area (Å²) in [5.41, 5.74) is 4.66. The van der Waals surface area contributed by atoms with Crippen LogP contribution in [0.2, 0.25) is 0 Å². The van der Waals surface area contributed by atoms with Gasteiger partial charge in [0, 0.05) is 90.9 Å². The highest BCUT2D eigenvalue weighted by molar-refractivity contribution is 7.89. The summed E-state index contributed by atoms with van der Waals surface area (Å²) in [4.78, 5) is 46.2. The summed E-state index contributed by atoms with van der Waals surface area (Å²) < 4.78 is 72.8.